The number of rotatable bonds is 7. The molecule has 0 atom stereocenters. The van der Waals surface area contributed by atoms with Crippen LogP contribution in [0.4, 0.5) is 10.9 Å². The SMILES string of the molecule is Cc1nsc(Nc2ncnc3ccc(Oc4ccc(OCC=O)cn4)cc23)n1. The second kappa shape index (κ2) is 7.92. The van der Waals surface area contributed by atoms with Gasteiger partial charge in [-0.1, -0.05) is 0 Å². The largest absolute Gasteiger partial charge is 0.485 e. The number of pyridine rings is 1. The van der Waals surface area contributed by atoms with Crippen molar-refractivity contribution in [2.24, 2.45) is 0 Å². The number of ether oxygens (including phenoxy) is 2. The van der Waals surface area contributed by atoms with Crippen LogP contribution in [-0.2, 0) is 4.79 Å². The average Bonchev–Trinajstić information content (AvgIpc) is 3.12. The molecule has 0 spiro atoms. The molecule has 4 rings (SSSR count). The van der Waals surface area contributed by atoms with Gasteiger partial charge in [-0.15, -0.1) is 0 Å². The fraction of sp³-hybridized carbons (Fsp3) is 0.111. The summed E-state index contributed by atoms with van der Waals surface area (Å²) in [6.45, 7) is 1.81. The van der Waals surface area contributed by atoms with Gasteiger partial charge in [-0.25, -0.2) is 19.9 Å². The summed E-state index contributed by atoms with van der Waals surface area (Å²) >= 11 is 1.26. The first-order valence-corrected chi connectivity index (χ1v) is 9.01. The van der Waals surface area contributed by atoms with Gasteiger partial charge in [0.25, 0.3) is 0 Å². The second-order valence-electron chi connectivity index (χ2n) is 5.58. The van der Waals surface area contributed by atoms with E-state index < -0.39 is 0 Å². The van der Waals surface area contributed by atoms with E-state index in [0.29, 0.717) is 40.4 Å². The van der Waals surface area contributed by atoms with Crippen molar-refractivity contribution >= 4 is 39.7 Å². The van der Waals surface area contributed by atoms with Gasteiger partial charge in [0.1, 0.15) is 36.1 Å². The van der Waals surface area contributed by atoms with Crippen molar-refractivity contribution in [2.75, 3.05) is 11.9 Å². The molecule has 3 aromatic heterocycles. The highest BCUT2D eigenvalue weighted by atomic mass is 32.1. The van der Waals surface area contributed by atoms with E-state index in [0.717, 1.165) is 10.9 Å². The van der Waals surface area contributed by atoms with Crippen LogP contribution in [0.15, 0.2) is 42.9 Å². The Bertz CT molecular complexity index is 1120. The van der Waals surface area contributed by atoms with Gasteiger partial charge in [-0.3, -0.25) is 4.79 Å². The van der Waals surface area contributed by atoms with Crippen LogP contribution in [0.25, 0.3) is 10.9 Å². The average molecular weight is 394 g/mol. The first kappa shape index (κ1) is 17.7. The molecule has 0 radical (unpaired) electrons. The summed E-state index contributed by atoms with van der Waals surface area (Å²) in [6.07, 6.45) is 3.66. The Morgan fingerprint density at radius 3 is 2.79 bits per heavy atom. The third-order valence-electron chi connectivity index (χ3n) is 3.61. The summed E-state index contributed by atoms with van der Waals surface area (Å²) in [4.78, 5) is 27.4. The Labute approximate surface area is 163 Å². The normalized spacial score (nSPS) is 10.6. The predicted molar refractivity (Wildman–Crippen MR) is 103 cm³/mol. The minimum Gasteiger partial charge on any atom is -0.485 e. The van der Waals surface area contributed by atoms with Crippen molar-refractivity contribution in [3.05, 3.63) is 48.7 Å². The molecule has 140 valence electrons. The van der Waals surface area contributed by atoms with Gasteiger partial charge < -0.3 is 14.8 Å². The number of carbonyl (C=O) groups excluding carboxylic acids is 1. The van der Waals surface area contributed by atoms with Gasteiger partial charge >= 0.3 is 0 Å². The lowest BCUT2D eigenvalue weighted by Gasteiger charge is -2.09. The van der Waals surface area contributed by atoms with Crippen molar-refractivity contribution in [3.8, 4) is 17.4 Å². The van der Waals surface area contributed by atoms with E-state index in [1.54, 1.807) is 18.2 Å². The first-order valence-electron chi connectivity index (χ1n) is 8.24. The standard InChI is InChI=1S/C18H14N6O3S/c1-11-22-18(28-24-11)23-17-14-8-12(2-4-15(14)20-10-21-17)27-16-5-3-13(9-19-16)26-7-6-25/h2-6,8-10H,7H2,1H3,(H,20,21,22,23,24). The Kier molecular flexibility index (Phi) is 5.02. The van der Waals surface area contributed by atoms with Gasteiger partial charge in [0.2, 0.25) is 11.0 Å². The number of nitrogens with zero attached hydrogens (tertiary/aromatic N) is 5. The maximum absolute atomic E-state index is 10.3. The van der Waals surface area contributed by atoms with Crippen molar-refractivity contribution in [1.82, 2.24) is 24.3 Å². The molecule has 0 amide bonds. The van der Waals surface area contributed by atoms with E-state index in [9.17, 15) is 4.79 Å². The molecule has 1 N–H and O–H groups in total. The molecule has 10 heteroatoms. The molecule has 3 heterocycles. The third kappa shape index (κ3) is 4.01. The molecule has 0 aliphatic carbocycles. The Morgan fingerprint density at radius 1 is 1.14 bits per heavy atom. The summed E-state index contributed by atoms with van der Waals surface area (Å²) in [7, 11) is 0. The Hall–Kier alpha value is -3.66. The van der Waals surface area contributed by atoms with E-state index in [1.165, 1.54) is 24.1 Å². The molecular weight excluding hydrogens is 380 g/mol. The summed E-state index contributed by atoms with van der Waals surface area (Å²) in [5, 5.41) is 4.59. The molecule has 0 aliphatic heterocycles. The van der Waals surface area contributed by atoms with Gasteiger partial charge in [0.15, 0.2) is 6.29 Å². The zero-order valence-electron chi connectivity index (χ0n) is 14.7. The van der Waals surface area contributed by atoms with Crippen LogP contribution in [0.5, 0.6) is 17.4 Å². The van der Waals surface area contributed by atoms with Crippen LogP contribution in [-0.4, -0.2) is 37.2 Å². The summed E-state index contributed by atoms with van der Waals surface area (Å²) in [5.41, 5.74) is 0.761. The third-order valence-corrected chi connectivity index (χ3v) is 4.33. The van der Waals surface area contributed by atoms with E-state index >= 15 is 0 Å². The van der Waals surface area contributed by atoms with Crippen LogP contribution < -0.4 is 14.8 Å². The summed E-state index contributed by atoms with van der Waals surface area (Å²) in [6, 6.07) is 8.80. The quantitative estimate of drug-likeness (QED) is 0.472. The molecule has 0 aliphatic rings. The van der Waals surface area contributed by atoms with Crippen LogP contribution in [0, 0.1) is 6.92 Å². The number of aryl methyl sites for hydroxylation is 1. The smallest absolute Gasteiger partial charge is 0.219 e. The van der Waals surface area contributed by atoms with E-state index in [1.807, 2.05) is 19.1 Å². The molecule has 4 aromatic rings. The van der Waals surface area contributed by atoms with Crippen LogP contribution in [0.2, 0.25) is 0 Å². The van der Waals surface area contributed by atoms with Crippen molar-refractivity contribution < 1.29 is 14.3 Å². The Balaban J connectivity index is 1.58. The lowest BCUT2D eigenvalue weighted by atomic mass is 10.2. The topological polar surface area (TPSA) is 112 Å². The number of benzene rings is 1. The molecule has 0 saturated carbocycles. The zero-order valence-corrected chi connectivity index (χ0v) is 15.5. The monoisotopic (exact) mass is 394 g/mol. The summed E-state index contributed by atoms with van der Waals surface area (Å²) < 4.78 is 15.1. The van der Waals surface area contributed by atoms with Crippen LogP contribution in [0.1, 0.15) is 5.82 Å². The number of hydrogen-bond acceptors (Lipinski definition) is 10. The number of aldehydes is 1. The minimum atomic E-state index is -0.0174. The van der Waals surface area contributed by atoms with Gasteiger partial charge in [-0.05, 0) is 31.2 Å². The molecule has 0 fully saturated rings. The van der Waals surface area contributed by atoms with Gasteiger partial charge in [-0.2, -0.15) is 4.37 Å². The highest BCUT2D eigenvalue weighted by Crippen LogP contribution is 2.29. The molecular formula is C18H14N6O3S. The molecule has 0 unspecified atom stereocenters. The molecule has 0 saturated heterocycles. The Morgan fingerprint density at radius 2 is 2.04 bits per heavy atom. The number of fused-ring (bicyclic) bond motifs is 1. The minimum absolute atomic E-state index is 0.0174. The second-order valence-corrected chi connectivity index (χ2v) is 6.34. The summed E-state index contributed by atoms with van der Waals surface area (Å²) in [5.74, 6) is 2.76. The number of aromatic nitrogens is 5. The van der Waals surface area contributed by atoms with Crippen molar-refractivity contribution in [1.29, 1.82) is 0 Å². The van der Waals surface area contributed by atoms with Crippen LogP contribution in [0.3, 0.4) is 0 Å². The molecule has 9 nitrogen and oxygen atoms in total. The van der Waals surface area contributed by atoms with Crippen molar-refractivity contribution in [3.63, 3.8) is 0 Å². The number of nitrogens with one attached hydrogen (secondary N) is 1. The molecule has 1 aromatic carbocycles. The fourth-order valence-corrected chi connectivity index (χ4v) is 2.99. The number of carbonyl (C=O) groups is 1. The predicted octanol–water partition coefficient (Wildman–Crippen LogP) is 3.30. The fourth-order valence-electron chi connectivity index (χ4n) is 2.41. The van der Waals surface area contributed by atoms with Gasteiger partial charge in [0.05, 0.1) is 11.7 Å². The van der Waals surface area contributed by atoms with Gasteiger partial charge in [0, 0.05) is 23.0 Å². The molecule has 28 heavy (non-hydrogen) atoms. The zero-order chi connectivity index (χ0) is 19.3. The number of hydrogen-bond donors (Lipinski definition) is 1. The number of anilines is 2. The maximum atomic E-state index is 10.3. The molecule has 0 bridgehead atoms. The van der Waals surface area contributed by atoms with Crippen molar-refractivity contribution in [2.45, 2.75) is 6.92 Å². The highest BCUT2D eigenvalue weighted by molar-refractivity contribution is 7.09. The maximum Gasteiger partial charge on any atom is 0.219 e. The first-order chi connectivity index (χ1) is 13.7. The van der Waals surface area contributed by atoms with Crippen LogP contribution >= 0.6 is 11.5 Å². The lowest BCUT2D eigenvalue weighted by molar-refractivity contribution is -0.109. The highest BCUT2D eigenvalue weighted by Gasteiger charge is 2.09. The lowest BCUT2D eigenvalue weighted by Crippen LogP contribution is -1.98. The van der Waals surface area contributed by atoms with E-state index in [4.69, 9.17) is 9.47 Å². The van der Waals surface area contributed by atoms with E-state index in [2.05, 4.69) is 29.6 Å². The van der Waals surface area contributed by atoms with E-state index in [-0.39, 0.29) is 6.61 Å².